The van der Waals surface area contributed by atoms with E-state index in [1.807, 2.05) is 43.3 Å². The van der Waals surface area contributed by atoms with Crippen molar-refractivity contribution in [3.8, 4) is 0 Å². The van der Waals surface area contributed by atoms with Crippen LogP contribution in [0.15, 0.2) is 53.4 Å². The summed E-state index contributed by atoms with van der Waals surface area (Å²) in [5.74, 6) is -0.817. The van der Waals surface area contributed by atoms with E-state index in [0.29, 0.717) is 15.5 Å². The van der Waals surface area contributed by atoms with E-state index in [4.69, 9.17) is 23.8 Å². The summed E-state index contributed by atoms with van der Waals surface area (Å²) in [6, 6.07) is 14.2. The normalized spacial score (nSPS) is 15.4. The molecule has 1 aliphatic rings. The minimum Gasteiger partial charge on any atom is -0.378 e. The summed E-state index contributed by atoms with van der Waals surface area (Å²) in [5, 5.41) is 1.53. The number of amides is 2. The Balaban J connectivity index is 1.75. The summed E-state index contributed by atoms with van der Waals surface area (Å²) in [5.41, 5.74) is 4.83. The molecule has 0 bridgehead atoms. The van der Waals surface area contributed by atoms with Crippen LogP contribution in [0.2, 0.25) is 5.02 Å². The second kappa shape index (κ2) is 8.12. The molecule has 2 aromatic rings. The van der Waals surface area contributed by atoms with Crippen molar-refractivity contribution >= 4 is 63.5 Å². The molecular weight excluding hydrogens is 402 g/mol. The third-order valence-electron chi connectivity index (χ3n) is 3.80. The van der Waals surface area contributed by atoms with E-state index in [1.54, 1.807) is 24.3 Å². The molecule has 1 fully saturated rings. The van der Waals surface area contributed by atoms with E-state index >= 15 is 0 Å². The molecule has 5 nitrogen and oxygen atoms in total. The molecule has 138 valence electrons. The fourth-order valence-electron chi connectivity index (χ4n) is 2.38. The molecule has 1 saturated heterocycles. The number of anilines is 1. The monoisotopic (exact) mass is 417 g/mol. The summed E-state index contributed by atoms with van der Waals surface area (Å²) < 4.78 is 0.270. The quantitative estimate of drug-likeness (QED) is 0.603. The average molecular weight is 418 g/mol. The van der Waals surface area contributed by atoms with Crippen molar-refractivity contribution in [1.29, 1.82) is 0 Å². The molecule has 0 aliphatic carbocycles. The number of carbonyl (C=O) groups is 2. The first-order chi connectivity index (χ1) is 12.8. The Bertz CT molecular complexity index is 942. The highest BCUT2D eigenvalue weighted by atomic mass is 35.5. The zero-order valence-electron chi connectivity index (χ0n) is 14.6. The van der Waals surface area contributed by atoms with E-state index in [2.05, 4.69) is 5.43 Å². The Morgan fingerprint density at radius 2 is 1.93 bits per heavy atom. The van der Waals surface area contributed by atoms with Gasteiger partial charge in [0.1, 0.15) is 0 Å². The van der Waals surface area contributed by atoms with Gasteiger partial charge < -0.3 is 4.90 Å². The third kappa shape index (κ3) is 4.50. The lowest BCUT2D eigenvalue weighted by Gasteiger charge is -2.15. The number of halogens is 1. The molecular formula is C19H16ClN3O2S2. The predicted molar refractivity (Wildman–Crippen MR) is 115 cm³/mol. The van der Waals surface area contributed by atoms with Crippen LogP contribution in [0.5, 0.6) is 0 Å². The number of benzene rings is 2. The molecule has 0 aromatic heterocycles. The summed E-state index contributed by atoms with van der Waals surface area (Å²) >= 11 is 12.3. The third-order valence-corrected chi connectivity index (χ3v) is 5.34. The van der Waals surface area contributed by atoms with Crippen LogP contribution < -0.4 is 10.3 Å². The van der Waals surface area contributed by atoms with Crippen LogP contribution in [0.3, 0.4) is 0 Å². The van der Waals surface area contributed by atoms with Gasteiger partial charge in [0.2, 0.25) is 0 Å². The van der Waals surface area contributed by atoms with Gasteiger partial charge >= 0.3 is 0 Å². The number of thioether (sulfide) groups is 1. The van der Waals surface area contributed by atoms with Gasteiger partial charge in [-0.1, -0.05) is 41.6 Å². The smallest absolute Gasteiger partial charge is 0.285 e. The molecule has 1 aliphatic heterocycles. The van der Waals surface area contributed by atoms with Gasteiger partial charge in [-0.25, -0.2) is 0 Å². The number of nitrogens with one attached hydrogen (secondary N) is 1. The minimum absolute atomic E-state index is 0.270. The van der Waals surface area contributed by atoms with Gasteiger partial charge in [-0.3, -0.25) is 15.0 Å². The van der Waals surface area contributed by atoms with Crippen molar-refractivity contribution in [3.63, 3.8) is 0 Å². The lowest BCUT2D eigenvalue weighted by molar-refractivity contribution is -0.123. The van der Waals surface area contributed by atoms with E-state index in [-0.39, 0.29) is 10.2 Å². The highest BCUT2D eigenvalue weighted by molar-refractivity contribution is 8.26. The number of carbonyl (C=O) groups excluding carboxylic acids is 2. The second-order valence-electron chi connectivity index (χ2n) is 5.95. The molecule has 1 N–H and O–H groups in total. The molecule has 0 atom stereocenters. The molecule has 2 amide bonds. The van der Waals surface area contributed by atoms with Gasteiger partial charge in [0.25, 0.3) is 11.8 Å². The van der Waals surface area contributed by atoms with Crippen molar-refractivity contribution in [2.24, 2.45) is 0 Å². The van der Waals surface area contributed by atoms with Gasteiger partial charge in [-0.05, 0) is 54.2 Å². The SMILES string of the molecule is CN(C)c1ccc(C=C2SC(=S)N(NC(=O)c3cccc(Cl)c3)C2=O)cc1. The van der Waals surface area contributed by atoms with E-state index < -0.39 is 5.91 Å². The maximum absolute atomic E-state index is 12.6. The first kappa shape index (κ1) is 19.4. The van der Waals surface area contributed by atoms with Gasteiger partial charge in [0.15, 0.2) is 4.32 Å². The van der Waals surface area contributed by atoms with Crippen molar-refractivity contribution in [3.05, 3.63) is 69.6 Å². The predicted octanol–water partition coefficient (Wildman–Crippen LogP) is 3.95. The average Bonchev–Trinajstić information content (AvgIpc) is 2.89. The minimum atomic E-state index is -0.453. The number of hydrogen-bond donors (Lipinski definition) is 1. The fourth-order valence-corrected chi connectivity index (χ4v) is 3.75. The summed E-state index contributed by atoms with van der Waals surface area (Å²) in [6.45, 7) is 0. The number of nitrogens with zero attached hydrogens (tertiary/aromatic N) is 2. The van der Waals surface area contributed by atoms with Crippen LogP contribution in [0, 0.1) is 0 Å². The Labute approximate surface area is 171 Å². The van der Waals surface area contributed by atoms with Crippen LogP contribution in [0.25, 0.3) is 6.08 Å². The second-order valence-corrected chi connectivity index (χ2v) is 8.07. The molecule has 0 unspecified atom stereocenters. The molecule has 1 heterocycles. The zero-order chi connectivity index (χ0) is 19.6. The van der Waals surface area contributed by atoms with Crippen LogP contribution >= 0.6 is 35.6 Å². The summed E-state index contributed by atoms with van der Waals surface area (Å²) in [4.78, 5) is 27.4. The first-order valence-corrected chi connectivity index (χ1v) is 9.57. The molecule has 2 aromatic carbocycles. The van der Waals surface area contributed by atoms with Crippen LogP contribution in [-0.2, 0) is 4.79 Å². The molecule has 0 spiro atoms. The first-order valence-electron chi connectivity index (χ1n) is 7.97. The molecule has 0 radical (unpaired) electrons. The summed E-state index contributed by atoms with van der Waals surface area (Å²) in [6.07, 6.45) is 1.75. The maximum Gasteiger partial charge on any atom is 0.285 e. The van der Waals surface area contributed by atoms with Crippen molar-refractivity contribution in [1.82, 2.24) is 10.4 Å². The molecule has 8 heteroatoms. The molecule has 3 rings (SSSR count). The van der Waals surface area contributed by atoms with Crippen LogP contribution in [0.1, 0.15) is 15.9 Å². The van der Waals surface area contributed by atoms with Gasteiger partial charge in [-0.2, -0.15) is 5.01 Å². The molecule has 0 saturated carbocycles. The zero-order valence-corrected chi connectivity index (χ0v) is 17.0. The highest BCUT2D eigenvalue weighted by Crippen LogP contribution is 2.31. The lowest BCUT2D eigenvalue weighted by Crippen LogP contribution is -2.44. The Kier molecular flexibility index (Phi) is 5.84. The van der Waals surface area contributed by atoms with Crippen molar-refractivity contribution < 1.29 is 9.59 Å². The Morgan fingerprint density at radius 3 is 2.56 bits per heavy atom. The van der Waals surface area contributed by atoms with Gasteiger partial charge in [0.05, 0.1) is 4.91 Å². The summed E-state index contributed by atoms with van der Waals surface area (Å²) in [7, 11) is 3.92. The topological polar surface area (TPSA) is 52.6 Å². The Morgan fingerprint density at radius 1 is 1.22 bits per heavy atom. The van der Waals surface area contributed by atoms with Crippen molar-refractivity contribution in [2.45, 2.75) is 0 Å². The van der Waals surface area contributed by atoms with E-state index in [0.717, 1.165) is 28.0 Å². The molecule has 27 heavy (non-hydrogen) atoms. The van der Waals surface area contributed by atoms with Crippen LogP contribution in [-0.4, -0.2) is 35.2 Å². The lowest BCUT2D eigenvalue weighted by atomic mass is 10.2. The Hall–Kier alpha value is -2.35. The largest absolute Gasteiger partial charge is 0.378 e. The highest BCUT2D eigenvalue weighted by Gasteiger charge is 2.33. The number of rotatable bonds is 4. The van der Waals surface area contributed by atoms with Gasteiger partial charge in [0, 0.05) is 30.4 Å². The number of hydrazine groups is 1. The van der Waals surface area contributed by atoms with E-state index in [9.17, 15) is 9.59 Å². The number of hydrogen-bond acceptors (Lipinski definition) is 5. The van der Waals surface area contributed by atoms with Crippen LogP contribution in [0.4, 0.5) is 5.69 Å². The van der Waals surface area contributed by atoms with Crippen molar-refractivity contribution in [2.75, 3.05) is 19.0 Å². The fraction of sp³-hybridized carbons (Fsp3) is 0.105. The van der Waals surface area contributed by atoms with Gasteiger partial charge in [-0.15, -0.1) is 0 Å². The number of thiocarbonyl (C=S) groups is 1. The maximum atomic E-state index is 12.6. The standard InChI is InChI=1S/C19H16ClN3O2S2/c1-22(2)15-8-6-12(7-9-15)10-16-18(25)23(19(26)27-16)21-17(24)13-4-3-5-14(20)11-13/h3-11H,1-2H3,(H,21,24). The van der Waals surface area contributed by atoms with E-state index in [1.165, 1.54) is 6.07 Å².